The molecule has 1 fully saturated rings. The van der Waals surface area contributed by atoms with Crippen LogP contribution < -0.4 is 14.8 Å². The maximum absolute atomic E-state index is 13.0. The maximum atomic E-state index is 13.0. The lowest BCUT2D eigenvalue weighted by Gasteiger charge is -2.35. The van der Waals surface area contributed by atoms with Gasteiger partial charge in [0.05, 0.1) is 17.3 Å². The van der Waals surface area contributed by atoms with Crippen LogP contribution in [0.25, 0.3) is 0 Å². The van der Waals surface area contributed by atoms with Crippen LogP contribution >= 0.6 is 11.6 Å². The van der Waals surface area contributed by atoms with Gasteiger partial charge in [-0.2, -0.15) is 0 Å². The highest BCUT2D eigenvalue weighted by molar-refractivity contribution is 6.32. The lowest BCUT2D eigenvalue weighted by Crippen LogP contribution is -2.50. The molecule has 28 heavy (non-hydrogen) atoms. The second kappa shape index (κ2) is 7.75. The number of carbonyl (C=O) groups excluding carboxylic acids is 1. The summed E-state index contributed by atoms with van der Waals surface area (Å²) in [4.78, 5) is 14.6. The van der Waals surface area contributed by atoms with Gasteiger partial charge in [0.25, 0.3) is 5.91 Å². The predicted molar refractivity (Wildman–Crippen MR) is 103 cm³/mol. The zero-order chi connectivity index (χ0) is 19.7. The molecule has 2 heterocycles. The number of benzene rings is 2. The highest BCUT2D eigenvalue weighted by Gasteiger charge is 2.33. The van der Waals surface area contributed by atoms with Gasteiger partial charge in [0.2, 0.25) is 0 Å². The number of hydrogen-bond donors (Lipinski definition) is 2. The molecule has 2 aromatic carbocycles. The van der Waals surface area contributed by atoms with Crippen LogP contribution in [0.5, 0.6) is 17.2 Å². The van der Waals surface area contributed by atoms with Crippen LogP contribution in [0.4, 0.5) is 10.1 Å². The van der Waals surface area contributed by atoms with Gasteiger partial charge in [-0.3, -0.25) is 4.79 Å². The minimum absolute atomic E-state index is 0.0141. The Morgan fingerprint density at radius 3 is 2.68 bits per heavy atom. The van der Waals surface area contributed by atoms with E-state index in [2.05, 4.69) is 5.32 Å². The Hall–Kier alpha value is -2.67. The number of ether oxygens (including phenoxy) is 2. The summed E-state index contributed by atoms with van der Waals surface area (Å²) in [6, 6.07) is 8.92. The molecule has 4 rings (SSSR count). The zero-order valence-electron chi connectivity index (χ0n) is 15.0. The van der Waals surface area contributed by atoms with Gasteiger partial charge in [-0.05, 0) is 30.3 Å². The van der Waals surface area contributed by atoms with Gasteiger partial charge in [0.1, 0.15) is 29.2 Å². The van der Waals surface area contributed by atoms with Crippen molar-refractivity contribution < 1.29 is 23.8 Å². The van der Waals surface area contributed by atoms with Crippen molar-refractivity contribution in [2.45, 2.75) is 25.0 Å². The number of amides is 1. The Kier molecular flexibility index (Phi) is 5.17. The molecule has 1 saturated heterocycles. The molecule has 0 aliphatic carbocycles. The maximum Gasteiger partial charge on any atom is 0.265 e. The van der Waals surface area contributed by atoms with Gasteiger partial charge in [-0.15, -0.1) is 0 Å². The molecule has 2 aliphatic heterocycles. The van der Waals surface area contributed by atoms with E-state index in [9.17, 15) is 14.3 Å². The van der Waals surface area contributed by atoms with E-state index >= 15 is 0 Å². The Morgan fingerprint density at radius 1 is 1.25 bits per heavy atom. The molecule has 1 atom stereocenters. The number of carbonyl (C=O) groups is 1. The second-order valence-corrected chi connectivity index (χ2v) is 7.29. The lowest BCUT2D eigenvalue weighted by molar-refractivity contribution is -0.140. The molecule has 0 radical (unpaired) electrons. The minimum Gasteiger partial charge on any atom is -0.506 e. The van der Waals surface area contributed by atoms with E-state index < -0.39 is 6.10 Å². The highest BCUT2D eigenvalue weighted by atomic mass is 35.5. The van der Waals surface area contributed by atoms with Gasteiger partial charge in [-0.25, -0.2) is 4.39 Å². The number of phenols is 1. The normalized spacial score (nSPS) is 19.4. The number of likely N-dealkylation sites (tertiary alicyclic amines) is 1. The SMILES string of the molecule is O=C(C1CNc2cc(Cl)c(O)cc2O1)N1CCC(Oc2ccc(F)cc2)CC1. The van der Waals surface area contributed by atoms with Gasteiger partial charge >= 0.3 is 0 Å². The fourth-order valence-electron chi connectivity index (χ4n) is 3.42. The van der Waals surface area contributed by atoms with E-state index in [1.807, 2.05) is 0 Å². The molecule has 148 valence electrons. The van der Waals surface area contributed by atoms with Crippen molar-refractivity contribution in [1.29, 1.82) is 0 Å². The molecule has 2 aromatic rings. The van der Waals surface area contributed by atoms with Gasteiger partial charge in [0.15, 0.2) is 6.10 Å². The summed E-state index contributed by atoms with van der Waals surface area (Å²) in [5.74, 6) is 0.537. The Balaban J connectivity index is 1.32. The third-order valence-corrected chi connectivity index (χ3v) is 5.24. The van der Waals surface area contributed by atoms with Gasteiger partial charge < -0.3 is 24.8 Å². The number of piperidine rings is 1. The average molecular weight is 407 g/mol. The summed E-state index contributed by atoms with van der Waals surface area (Å²) >= 11 is 5.89. The number of nitrogens with zero attached hydrogens (tertiary/aromatic N) is 1. The number of rotatable bonds is 3. The summed E-state index contributed by atoms with van der Waals surface area (Å²) in [5.41, 5.74) is 0.651. The van der Waals surface area contributed by atoms with E-state index in [1.165, 1.54) is 18.2 Å². The number of halogens is 2. The molecule has 2 aliphatic rings. The summed E-state index contributed by atoms with van der Waals surface area (Å²) in [7, 11) is 0. The van der Waals surface area contributed by atoms with Crippen molar-refractivity contribution in [3.05, 3.63) is 47.2 Å². The number of nitrogens with one attached hydrogen (secondary N) is 1. The number of fused-ring (bicyclic) bond motifs is 1. The first-order valence-electron chi connectivity index (χ1n) is 9.13. The Morgan fingerprint density at radius 2 is 1.96 bits per heavy atom. The van der Waals surface area contributed by atoms with Gasteiger partial charge in [0, 0.05) is 32.0 Å². The van der Waals surface area contributed by atoms with Gasteiger partial charge in [-0.1, -0.05) is 11.6 Å². The molecule has 1 unspecified atom stereocenters. The van der Waals surface area contributed by atoms with Crippen LogP contribution in [0.15, 0.2) is 36.4 Å². The number of aromatic hydroxyl groups is 1. The van der Waals surface area contributed by atoms with Crippen molar-refractivity contribution in [2.75, 3.05) is 25.0 Å². The molecule has 0 aromatic heterocycles. The molecule has 0 bridgehead atoms. The molecule has 2 N–H and O–H groups in total. The van der Waals surface area contributed by atoms with Crippen LogP contribution in [-0.4, -0.2) is 47.8 Å². The standard InChI is InChI=1S/C20H20ClFN2O4/c21-15-9-16-18(10-17(15)25)28-19(11-23-16)20(26)24-7-5-14(6-8-24)27-13-3-1-12(22)2-4-13/h1-4,9-10,14,19,23,25H,5-8,11H2. The number of anilines is 1. The minimum atomic E-state index is -0.664. The summed E-state index contributed by atoms with van der Waals surface area (Å²) in [5, 5.41) is 13.1. The number of phenolic OH excluding ortho intramolecular Hbond substituents is 1. The van der Waals surface area contributed by atoms with E-state index in [0.717, 1.165) is 0 Å². The van der Waals surface area contributed by atoms with Crippen LogP contribution in [-0.2, 0) is 4.79 Å². The number of hydrogen-bond acceptors (Lipinski definition) is 5. The first-order chi connectivity index (χ1) is 13.5. The summed E-state index contributed by atoms with van der Waals surface area (Å²) < 4.78 is 24.6. The van der Waals surface area contributed by atoms with Crippen molar-refractivity contribution >= 4 is 23.2 Å². The Labute approximate surface area is 166 Å². The zero-order valence-corrected chi connectivity index (χ0v) is 15.8. The van der Waals surface area contributed by atoms with Crippen LogP contribution in [0.2, 0.25) is 5.02 Å². The van der Waals surface area contributed by atoms with Crippen LogP contribution in [0.3, 0.4) is 0 Å². The molecular formula is C20H20ClFN2O4. The predicted octanol–water partition coefficient (Wildman–Crippen LogP) is 3.43. The molecule has 0 saturated carbocycles. The van der Waals surface area contributed by atoms with E-state index in [0.29, 0.717) is 49.7 Å². The lowest BCUT2D eigenvalue weighted by atomic mass is 10.1. The smallest absolute Gasteiger partial charge is 0.265 e. The van der Waals surface area contributed by atoms with Crippen molar-refractivity contribution in [2.24, 2.45) is 0 Å². The van der Waals surface area contributed by atoms with Crippen molar-refractivity contribution in [1.82, 2.24) is 4.90 Å². The third-order valence-electron chi connectivity index (χ3n) is 4.94. The summed E-state index contributed by atoms with van der Waals surface area (Å²) in [6.45, 7) is 1.45. The monoisotopic (exact) mass is 406 g/mol. The Bertz CT molecular complexity index is 869. The van der Waals surface area contributed by atoms with Crippen LogP contribution in [0, 0.1) is 5.82 Å². The second-order valence-electron chi connectivity index (χ2n) is 6.88. The highest BCUT2D eigenvalue weighted by Crippen LogP contribution is 2.38. The topological polar surface area (TPSA) is 71.0 Å². The van der Waals surface area contributed by atoms with Crippen molar-refractivity contribution in [3.63, 3.8) is 0 Å². The molecule has 6 nitrogen and oxygen atoms in total. The molecular weight excluding hydrogens is 387 g/mol. The van der Waals surface area contributed by atoms with E-state index in [1.54, 1.807) is 23.1 Å². The quantitative estimate of drug-likeness (QED) is 0.764. The first kappa shape index (κ1) is 18.7. The average Bonchev–Trinajstić information content (AvgIpc) is 2.70. The summed E-state index contributed by atoms with van der Waals surface area (Å²) in [6.07, 6.45) is 0.703. The van der Waals surface area contributed by atoms with Crippen LogP contribution in [0.1, 0.15) is 12.8 Å². The first-order valence-corrected chi connectivity index (χ1v) is 9.51. The van der Waals surface area contributed by atoms with E-state index in [-0.39, 0.29) is 28.6 Å². The fourth-order valence-corrected chi connectivity index (χ4v) is 3.58. The molecule has 0 spiro atoms. The van der Waals surface area contributed by atoms with Crippen molar-refractivity contribution in [3.8, 4) is 17.2 Å². The largest absolute Gasteiger partial charge is 0.506 e. The fraction of sp³-hybridized carbons (Fsp3) is 0.350. The molecule has 1 amide bonds. The third kappa shape index (κ3) is 3.94. The van der Waals surface area contributed by atoms with E-state index in [4.69, 9.17) is 21.1 Å². The molecule has 8 heteroatoms.